The maximum atomic E-state index is 8.84. The van der Waals surface area contributed by atoms with Crippen molar-refractivity contribution < 1.29 is 14.6 Å². The van der Waals surface area contributed by atoms with Gasteiger partial charge in [-0.3, -0.25) is 0 Å². The van der Waals surface area contributed by atoms with Gasteiger partial charge < -0.3 is 14.6 Å². The van der Waals surface area contributed by atoms with Crippen LogP contribution in [-0.4, -0.2) is 31.7 Å². The van der Waals surface area contributed by atoms with Gasteiger partial charge in [-0.05, 0) is 6.92 Å². The van der Waals surface area contributed by atoms with Crippen molar-refractivity contribution in [1.82, 2.24) is 0 Å². The molecule has 0 aromatic heterocycles. The third-order valence-corrected chi connectivity index (χ3v) is 1.35. The Morgan fingerprint density at radius 1 is 1.67 bits per heavy atom. The molecule has 0 aliphatic rings. The third-order valence-electron chi connectivity index (χ3n) is 1.35. The van der Waals surface area contributed by atoms with Crippen molar-refractivity contribution in [3.05, 3.63) is 24.3 Å². The molecule has 0 aliphatic heterocycles. The molecule has 0 aliphatic carbocycles. The molecular weight excluding hydrogens is 156 g/mol. The van der Waals surface area contributed by atoms with E-state index in [0.29, 0.717) is 0 Å². The first kappa shape index (κ1) is 11.4. The van der Waals surface area contributed by atoms with Crippen LogP contribution in [0.5, 0.6) is 0 Å². The van der Waals surface area contributed by atoms with E-state index in [0.717, 1.165) is 5.57 Å². The Bertz CT molecular complexity index is 152. The van der Waals surface area contributed by atoms with Gasteiger partial charge in [0.25, 0.3) is 0 Å². The monoisotopic (exact) mass is 172 g/mol. The Balaban J connectivity index is 3.89. The molecular formula is C9H16O3. The molecule has 0 saturated heterocycles. The zero-order valence-corrected chi connectivity index (χ0v) is 7.62. The number of methoxy groups -OCH3 is 1. The number of ether oxygens (including phenoxy) is 2. The third kappa shape index (κ3) is 5.07. The number of aliphatic hydroxyl groups excluding tert-OH is 1. The molecule has 0 amide bonds. The summed E-state index contributed by atoms with van der Waals surface area (Å²) < 4.78 is 9.82. The number of allylic oxidation sites excluding steroid dienone is 2. The zero-order valence-electron chi connectivity index (χ0n) is 7.62. The average molecular weight is 172 g/mol. The topological polar surface area (TPSA) is 38.7 Å². The van der Waals surface area contributed by atoms with Crippen molar-refractivity contribution in [2.24, 2.45) is 0 Å². The Hall–Kier alpha value is -0.640. The molecule has 0 saturated carbocycles. The minimum Gasteiger partial charge on any atom is -0.393 e. The highest BCUT2D eigenvalue weighted by atomic mass is 16.7. The van der Waals surface area contributed by atoms with Gasteiger partial charge in [0.1, 0.15) is 12.9 Å². The molecule has 1 unspecified atom stereocenters. The number of aliphatic hydroxyl groups is 1. The van der Waals surface area contributed by atoms with Gasteiger partial charge in [-0.2, -0.15) is 0 Å². The molecule has 12 heavy (non-hydrogen) atoms. The lowest BCUT2D eigenvalue weighted by molar-refractivity contribution is -0.0695. The molecule has 0 spiro atoms. The van der Waals surface area contributed by atoms with E-state index in [1.807, 2.05) is 6.92 Å². The van der Waals surface area contributed by atoms with Crippen molar-refractivity contribution in [1.29, 1.82) is 0 Å². The van der Waals surface area contributed by atoms with Crippen LogP contribution in [0.1, 0.15) is 6.92 Å². The van der Waals surface area contributed by atoms with Gasteiger partial charge in [0.05, 0.1) is 6.61 Å². The Kier molecular flexibility index (Phi) is 6.66. The van der Waals surface area contributed by atoms with E-state index in [1.54, 1.807) is 19.3 Å². The molecule has 0 radical (unpaired) electrons. The van der Waals surface area contributed by atoms with Gasteiger partial charge in [0.2, 0.25) is 0 Å². The second-order valence-electron chi connectivity index (χ2n) is 2.41. The van der Waals surface area contributed by atoms with E-state index < -0.39 is 0 Å². The average Bonchev–Trinajstić information content (AvgIpc) is 2.11. The normalized spacial score (nSPS) is 14.4. The van der Waals surface area contributed by atoms with Gasteiger partial charge >= 0.3 is 0 Å². The van der Waals surface area contributed by atoms with E-state index in [2.05, 4.69) is 6.58 Å². The largest absolute Gasteiger partial charge is 0.393 e. The molecule has 3 nitrogen and oxygen atoms in total. The second-order valence-corrected chi connectivity index (χ2v) is 2.41. The van der Waals surface area contributed by atoms with E-state index in [-0.39, 0.29) is 19.5 Å². The summed E-state index contributed by atoms with van der Waals surface area (Å²) in [6.45, 7) is 5.63. The summed E-state index contributed by atoms with van der Waals surface area (Å²) in [5.74, 6) is 0. The fourth-order valence-corrected chi connectivity index (χ4v) is 0.670. The highest BCUT2D eigenvalue weighted by molar-refractivity contribution is 5.14. The number of hydrogen-bond donors (Lipinski definition) is 1. The lowest BCUT2D eigenvalue weighted by atomic mass is 10.2. The van der Waals surface area contributed by atoms with Crippen molar-refractivity contribution in [2.75, 3.05) is 20.5 Å². The van der Waals surface area contributed by atoms with Crippen LogP contribution in [0.25, 0.3) is 0 Å². The first-order chi connectivity index (χ1) is 5.74. The molecule has 0 rings (SSSR count). The van der Waals surface area contributed by atoms with Crippen molar-refractivity contribution in [3.8, 4) is 0 Å². The molecule has 0 aromatic rings. The molecule has 1 N–H and O–H groups in total. The summed E-state index contributed by atoms with van der Waals surface area (Å²) in [5, 5.41) is 8.84. The maximum absolute atomic E-state index is 8.84. The van der Waals surface area contributed by atoms with Crippen LogP contribution in [0, 0.1) is 0 Å². The molecule has 70 valence electrons. The first-order valence-corrected chi connectivity index (χ1v) is 3.76. The summed E-state index contributed by atoms with van der Waals surface area (Å²) >= 11 is 0. The molecule has 0 bridgehead atoms. The quantitative estimate of drug-likeness (QED) is 0.481. The van der Waals surface area contributed by atoms with Crippen LogP contribution in [0.4, 0.5) is 0 Å². The summed E-state index contributed by atoms with van der Waals surface area (Å²) in [7, 11) is 1.54. The Labute approximate surface area is 73.3 Å². The van der Waals surface area contributed by atoms with Gasteiger partial charge in [-0.15, -0.1) is 0 Å². The lowest BCUT2D eigenvalue weighted by Gasteiger charge is -2.10. The second kappa shape index (κ2) is 7.03. The molecule has 1 atom stereocenters. The van der Waals surface area contributed by atoms with Crippen molar-refractivity contribution >= 4 is 0 Å². The SMILES string of the molecule is C=C/C(C)=C/C(CO)OCOC. The van der Waals surface area contributed by atoms with Crippen LogP contribution in [0.2, 0.25) is 0 Å². The molecule has 0 aromatic carbocycles. The van der Waals surface area contributed by atoms with Gasteiger partial charge in [0, 0.05) is 7.11 Å². The van der Waals surface area contributed by atoms with E-state index in [1.165, 1.54) is 0 Å². The zero-order chi connectivity index (χ0) is 9.40. The predicted molar refractivity (Wildman–Crippen MR) is 47.8 cm³/mol. The summed E-state index contributed by atoms with van der Waals surface area (Å²) in [5.41, 5.74) is 0.977. The Morgan fingerprint density at radius 2 is 2.33 bits per heavy atom. The van der Waals surface area contributed by atoms with Crippen LogP contribution >= 0.6 is 0 Å². The van der Waals surface area contributed by atoms with Crippen molar-refractivity contribution in [2.45, 2.75) is 13.0 Å². The van der Waals surface area contributed by atoms with E-state index in [9.17, 15) is 0 Å². The lowest BCUT2D eigenvalue weighted by Crippen LogP contribution is -2.16. The molecule has 3 heteroatoms. The minimum absolute atomic E-state index is 0.0471. The van der Waals surface area contributed by atoms with E-state index >= 15 is 0 Å². The Morgan fingerprint density at radius 3 is 2.75 bits per heavy atom. The van der Waals surface area contributed by atoms with Crippen molar-refractivity contribution in [3.63, 3.8) is 0 Å². The fourth-order valence-electron chi connectivity index (χ4n) is 0.670. The minimum atomic E-state index is -0.303. The summed E-state index contributed by atoms with van der Waals surface area (Å²) in [6.07, 6.45) is 3.20. The molecule has 0 heterocycles. The predicted octanol–water partition coefficient (Wildman–Crippen LogP) is 1.10. The van der Waals surface area contributed by atoms with Crippen LogP contribution in [0.3, 0.4) is 0 Å². The smallest absolute Gasteiger partial charge is 0.147 e. The van der Waals surface area contributed by atoms with Crippen LogP contribution in [0.15, 0.2) is 24.3 Å². The summed E-state index contributed by atoms with van der Waals surface area (Å²) in [4.78, 5) is 0. The van der Waals surface area contributed by atoms with Gasteiger partial charge in [-0.1, -0.05) is 24.3 Å². The highest BCUT2D eigenvalue weighted by Crippen LogP contribution is 2.00. The first-order valence-electron chi connectivity index (χ1n) is 3.76. The van der Waals surface area contributed by atoms with Gasteiger partial charge in [-0.25, -0.2) is 0 Å². The fraction of sp³-hybridized carbons (Fsp3) is 0.556. The van der Waals surface area contributed by atoms with Crippen LogP contribution < -0.4 is 0 Å². The maximum Gasteiger partial charge on any atom is 0.147 e. The highest BCUT2D eigenvalue weighted by Gasteiger charge is 2.02. The van der Waals surface area contributed by atoms with Crippen LogP contribution in [-0.2, 0) is 9.47 Å². The molecule has 0 fully saturated rings. The van der Waals surface area contributed by atoms with E-state index in [4.69, 9.17) is 14.6 Å². The van der Waals surface area contributed by atoms with Gasteiger partial charge in [0.15, 0.2) is 0 Å². The standard InChI is InChI=1S/C9H16O3/c1-4-8(2)5-9(6-10)12-7-11-3/h4-5,9-10H,1,6-7H2,2-3H3/b8-5+. The number of rotatable bonds is 6. The summed E-state index contributed by atoms with van der Waals surface area (Å²) in [6, 6.07) is 0. The number of hydrogen-bond acceptors (Lipinski definition) is 3.